The van der Waals surface area contributed by atoms with Crippen LogP contribution in [-0.4, -0.2) is 44.6 Å². The molecule has 6 nitrogen and oxygen atoms in total. The molecule has 1 N–H and O–H groups in total. The van der Waals surface area contributed by atoms with E-state index in [1.54, 1.807) is 23.9 Å². The zero-order chi connectivity index (χ0) is 20.9. The summed E-state index contributed by atoms with van der Waals surface area (Å²) < 4.78 is 32.5. The van der Waals surface area contributed by atoms with Crippen LogP contribution >= 0.6 is 11.8 Å². The number of piperidine rings is 1. The van der Waals surface area contributed by atoms with Gasteiger partial charge in [0.2, 0.25) is 15.9 Å². The predicted molar refractivity (Wildman–Crippen MR) is 116 cm³/mol. The Morgan fingerprint density at radius 2 is 1.93 bits per heavy atom. The molecule has 1 aliphatic rings. The zero-order valence-corrected chi connectivity index (χ0v) is 18.3. The van der Waals surface area contributed by atoms with E-state index >= 15 is 0 Å². The van der Waals surface area contributed by atoms with E-state index < -0.39 is 10.0 Å². The van der Waals surface area contributed by atoms with Gasteiger partial charge in [-0.2, -0.15) is 4.31 Å². The van der Waals surface area contributed by atoms with Gasteiger partial charge in [-0.3, -0.25) is 4.79 Å². The number of thioether (sulfide) groups is 1. The highest BCUT2D eigenvalue weighted by atomic mass is 32.2. The van der Waals surface area contributed by atoms with Gasteiger partial charge in [0.15, 0.2) is 0 Å². The largest absolute Gasteiger partial charge is 0.497 e. The molecule has 0 radical (unpaired) electrons. The van der Waals surface area contributed by atoms with Gasteiger partial charge in [0.25, 0.3) is 0 Å². The van der Waals surface area contributed by atoms with E-state index in [1.165, 1.54) is 23.5 Å². The summed E-state index contributed by atoms with van der Waals surface area (Å²) in [5.74, 6) is 0.994. The number of sulfonamides is 1. The Kier molecular flexibility index (Phi) is 7.21. The first-order valence-corrected chi connectivity index (χ1v) is 12.0. The van der Waals surface area contributed by atoms with Gasteiger partial charge in [-0.15, -0.1) is 11.8 Å². The van der Waals surface area contributed by atoms with E-state index in [4.69, 9.17) is 4.74 Å². The summed E-state index contributed by atoms with van der Waals surface area (Å²) in [6.45, 7) is 2.66. The van der Waals surface area contributed by atoms with Gasteiger partial charge < -0.3 is 10.1 Å². The van der Waals surface area contributed by atoms with Crippen molar-refractivity contribution in [3.05, 3.63) is 48.5 Å². The molecule has 1 fully saturated rings. The highest BCUT2D eigenvalue weighted by Crippen LogP contribution is 2.29. The first-order chi connectivity index (χ1) is 14.0. The zero-order valence-electron chi connectivity index (χ0n) is 16.6. The lowest BCUT2D eigenvalue weighted by Crippen LogP contribution is -2.43. The molecule has 8 heteroatoms. The number of rotatable bonds is 7. The van der Waals surface area contributed by atoms with E-state index in [0.717, 1.165) is 16.3 Å². The fourth-order valence-corrected chi connectivity index (χ4v) is 5.64. The molecule has 1 amide bonds. The molecule has 156 valence electrons. The van der Waals surface area contributed by atoms with Crippen molar-refractivity contribution in [2.24, 2.45) is 5.92 Å². The number of hydrogen-bond donors (Lipinski definition) is 1. The maximum atomic E-state index is 13.0. The normalized spacial score (nSPS) is 17.7. The predicted octanol–water partition coefficient (Wildman–Crippen LogP) is 3.85. The lowest BCUT2D eigenvalue weighted by Gasteiger charge is -2.31. The first kappa shape index (κ1) is 21.7. The average molecular weight is 435 g/mol. The Labute approximate surface area is 176 Å². The molecule has 0 bridgehead atoms. The number of nitrogens with zero attached hydrogens (tertiary/aromatic N) is 1. The molecular weight excluding hydrogens is 408 g/mol. The van der Waals surface area contributed by atoms with Crippen LogP contribution in [0.5, 0.6) is 5.75 Å². The van der Waals surface area contributed by atoms with Crippen molar-refractivity contribution < 1.29 is 17.9 Å². The number of carbonyl (C=O) groups is 1. The minimum atomic E-state index is -3.65. The Bertz CT molecular complexity index is 945. The van der Waals surface area contributed by atoms with Crippen LogP contribution in [-0.2, 0) is 14.8 Å². The Morgan fingerprint density at radius 1 is 1.21 bits per heavy atom. The summed E-state index contributed by atoms with van der Waals surface area (Å²) in [5.41, 5.74) is 0.777. The van der Waals surface area contributed by atoms with Crippen LogP contribution < -0.4 is 10.1 Å². The molecule has 0 spiro atoms. The minimum absolute atomic E-state index is 0.135. The van der Waals surface area contributed by atoms with Gasteiger partial charge >= 0.3 is 0 Å². The van der Waals surface area contributed by atoms with Crippen LogP contribution in [0.4, 0.5) is 5.69 Å². The summed E-state index contributed by atoms with van der Waals surface area (Å²) in [6.07, 6.45) is 1.32. The molecule has 2 aromatic rings. The lowest BCUT2D eigenvalue weighted by molar-refractivity contribution is -0.120. The molecule has 0 aromatic heterocycles. The summed E-state index contributed by atoms with van der Waals surface area (Å²) in [7, 11) is -2.11. The number of carbonyl (C=O) groups excluding carboxylic acids is 1. The number of ether oxygens (including phenoxy) is 1. The molecular formula is C21H26N2O4S2. The summed E-state index contributed by atoms with van der Waals surface area (Å²) >= 11 is 1.66. The van der Waals surface area contributed by atoms with E-state index in [1.807, 2.05) is 24.3 Å². The van der Waals surface area contributed by atoms with Gasteiger partial charge in [0.1, 0.15) is 5.75 Å². The number of benzene rings is 2. The van der Waals surface area contributed by atoms with E-state index in [9.17, 15) is 13.2 Å². The van der Waals surface area contributed by atoms with Crippen molar-refractivity contribution in [3.63, 3.8) is 0 Å². The lowest BCUT2D eigenvalue weighted by atomic mass is 9.99. The van der Waals surface area contributed by atoms with Crippen LogP contribution in [0.15, 0.2) is 58.3 Å². The number of methoxy groups -OCH3 is 1. The second-order valence-electron chi connectivity index (χ2n) is 6.80. The molecule has 29 heavy (non-hydrogen) atoms. The Morgan fingerprint density at radius 3 is 2.62 bits per heavy atom. The van der Waals surface area contributed by atoms with E-state index in [0.29, 0.717) is 25.1 Å². The van der Waals surface area contributed by atoms with Crippen molar-refractivity contribution in [1.82, 2.24) is 4.31 Å². The third kappa shape index (κ3) is 5.12. The maximum Gasteiger partial charge on any atom is 0.243 e. The second kappa shape index (κ2) is 9.65. The highest BCUT2D eigenvalue weighted by Gasteiger charge is 2.33. The maximum absolute atomic E-state index is 13.0. The van der Waals surface area contributed by atoms with Gasteiger partial charge in [-0.25, -0.2) is 8.42 Å². The molecule has 3 rings (SSSR count). The van der Waals surface area contributed by atoms with Crippen molar-refractivity contribution in [3.8, 4) is 5.75 Å². The quantitative estimate of drug-likeness (QED) is 0.670. The number of para-hydroxylation sites is 1. The van der Waals surface area contributed by atoms with Crippen LogP contribution in [0.1, 0.15) is 19.8 Å². The first-order valence-electron chi connectivity index (χ1n) is 9.62. The second-order valence-corrected chi connectivity index (χ2v) is 10.0. The van der Waals surface area contributed by atoms with Crippen LogP contribution in [0.2, 0.25) is 0 Å². The Balaban J connectivity index is 1.72. The standard InChI is InChI=1S/C21H26N2O4S2/c1-3-28-20-9-5-4-8-19(20)22-21(24)16-7-6-14-23(15-16)29(25,26)18-12-10-17(27-2)11-13-18/h4-5,8-13,16H,3,6-7,14-15H2,1-2H3,(H,22,24)/t16-/m1/s1. The van der Waals surface area contributed by atoms with Crippen molar-refractivity contribution in [2.45, 2.75) is 29.6 Å². The summed E-state index contributed by atoms with van der Waals surface area (Å²) in [5, 5.41) is 2.99. The number of anilines is 1. The van der Waals surface area contributed by atoms with Crippen molar-refractivity contribution in [1.29, 1.82) is 0 Å². The fraction of sp³-hybridized carbons (Fsp3) is 0.381. The van der Waals surface area contributed by atoms with E-state index in [-0.39, 0.29) is 23.3 Å². The van der Waals surface area contributed by atoms with Crippen LogP contribution in [0, 0.1) is 5.92 Å². The Hall–Kier alpha value is -2.03. The average Bonchev–Trinajstić information content (AvgIpc) is 2.75. The number of nitrogens with one attached hydrogen (secondary N) is 1. The number of amides is 1. The molecule has 0 aliphatic carbocycles. The van der Waals surface area contributed by atoms with E-state index in [2.05, 4.69) is 12.2 Å². The molecule has 1 saturated heterocycles. The highest BCUT2D eigenvalue weighted by molar-refractivity contribution is 7.99. The summed E-state index contributed by atoms with van der Waals surface area (Å²) in [4.78, 5) is 14.1. The SMILES string of the molecule is CCSc1ccccc1NC(=O)[C@@H]1CCCN(S(=O)(=O)c2ccc(OC)cc2)C1. The van der Waals surface area contributed by atoms with Crippen LogP contribution in [0.25, 0.3) is 0 Å². The van der Waals surface area contributed by atoms with Crippen molar-refractivity contribution >= 4 is 33.4 Å². The van der Waals surface area contributed by atoms with Crippen LogP contribution in [0.3, 0.4) is 0 Å². The molecule has 1 atom stereocenters. The molecule has 1 aliphatic heterocycles. The van der Waals surface area contributed by atoms with Gasteiger partial charge in [-0.05, 0) is 55.0 Å². The smallest absolute Gasteiger partial charge is 0.243 e. The fourth-order valence-electron chi connectivity index (χ4n) is 3.36. The monoisotopic (exact) mass is 434 g/mol. The molecule has 2 aromatic carbocycles. The summed E-state index contributed by atoms with van der Waals surface area (Å²) in [6, 6.07) is 14.0. The number of hydrogen-bond acceptors (Lipinski definition) is 5. The topological polar surface area (TPSA) is 75.7 Å². The minimum Gasteiger partial charge on any atom is -0.497 e. The molecule has 0 saturated carbocycles. The van der Waals surface area contributed by atoms with Gasteiger partial charge in [0, 0.05) is 18.0 Å². The van der Waals surface area contributed by atoms with Gasteiger partial charge in [-0.1, -0.05) is 19.1 Å². The third-order valence-electron chi connectivity index (χ3n) is 4.90. The molecule has 0 unspecified atom stereocenters. The molecule has 1 heterocycles. The van der Waals surface area contributed by atoms with Crippen molar-refractivity contribution in [2.75, 3.05) is 31.3 Å². The van der Waals surface area contributed by atoms with Gasteiger partial charge in [0.05, 0.1) is 23.6 Å². The third-order valence-corrected chi connectivity index (χ3v) is 7.73.